The van der Waals surface area contributed by atoms with Crippen molar-refractivity contribution in [3.05, 3.63) is 29.6 Å². The van der Waals surface area contributed by atoms with Crippen LogP contribution >= 0.6 is 0 Å². The van der Waals surface area contributed by atoms with Gasteiger partial charge in [-0.05, 0) is 37.0 Å². The van der Waals surface area contributed by atoms with Crippen molar-refractivity contribution in [2.24, 2.45) is 22.7 Å². The molecule has 2 atom stereocenters. The Morgan fingerprint density at radius 1 is 1.50 bits per heavy atom. The molecule has 1 aliphatic carbocycles. The van der Waals surface area contributed by atoms with Crippen molar-refractivity contribution in [3.8, 4) is 0 Å². The van der Waals surface area contributed by atoms with Crippen LogP contribution in [-0.4, -0.2) is 17.0 Å². The Kier molecular flexibility index (Phi) is 4.22. The van der Waals surface area contributed by atoms with Crippen LogP contribution in [0, 0.1) is 17.7 Å². The monoisotopic (exact) mass is 279 g/mol. The van der Waals surface area contributed by atoms with Crippen LogP contribution in [0.1, 0.15) is 31.7 Å². The van der Waals surface area contributed by atoms with E-state index in [9.17, 15) is 9.18 Å². The molecular weight excluding hydrogens is 261 g/mol. The fraction of sp³-hybridized carbons (Fsp3) is 0.429. The molecule has 108 valence electrons. The second kappa shape index (κ2) is 5.90. The number of amides is 1. The average molecular weight is 279 g/mol. The molecule has 5 nitrogen and oxygen atoms in total. The maximum atomic E-state index is 13.5. The summed E-state index contributed by atoms with van der Waals surface area (Å²) in [5, 5.41) is 14.1. The number of nitrogens with zero attached hydrogens (tertiary/aromatic N) is 1. The summed E-state index contributed by atoms with van der Waals surface area (Å²) >= 11 is 0. The van der Waals surface area contributed by atoms with Crippen molar-refractivity contribution < 1.29 is 14.4 Å². The number of amidine groups is 1. The van der Waals surface area contributed by atoms with E-state index in [0.29, 0.717) is 11.6 Å². The molecule has 0 aliphatic heterocycles. The van der Waals surface area contributed by atoms with Gasteiger partial charge >= 0.3 is 0 Å². The molecule has 0 heterocycles. The summed E-state index contributed by atoms with van der Waals surface area (Å²) in [5.41, 5.74) is 5.79. The van der Waals surface area contributed by atoms with E-state index in [1.165, 1.54) is 18.2 Å². The van der Waals surface area contributed by atoms with E-state index in [1.807, 2.05) is 0 Å². The third-order valence-corrected chi connectivity index (χ3v) is 3.82. The van der Waals surface area contributed by atoms with E-state index >= 15 is 0 Å². The first-order valence-electron chi connectivity index (χ1n) is 6.61. The second-order valence-electron chi connectivity index (χ2n) is 5.18. The number of carbonyl (C=O) groups excluding carboxylic acids is 1. The Balaban J connectivity index is 2.16. The van der Waals surface area contributed by atoms with Crippen LogP contribution in [0.15, 0.2) is 23.4 Å². The molecule has 0 spiro atoms. The van der Waals surface area contributed by atoms with Crippen molar-refractivity contribution in [3.63, 3.8) is 0 Å². The second-order valence-corrected chi connectivity index (χ2v) is 5.18. The summed E-state index contributed by atoms with van der Waals surface area (Å²) in [5.74, 6) is -0.640. The normalized spacial score (nSPS) is 22.8. The van der Waals surface area contributed by atoms with Gasteiger partial charge in [0.05, 0.1) is 5.56 Å². The minimum absolute atomic E-state index is 0.00708. The van der Waals surface area contributed by atoms with Gasteiger partial charge in [-0.15, -0.1) is 0 Å². The van der Waals surface area contributed by atoms with E-state index in [0.717, 1.165) is 19.3 Å². The van der Waals surface area contributed by atoms with Crippen molar-refractivity contribution in [2.45, 2.75) is 26.2 Å². The fourth-order valence-corrected chi connectivity index (χ4v) is 2.62. The first-order chi connectivity index (χ1) is 9.52. The van der Waals surface area contributed by atoms with Crippen LogP contribution in [0.5, 0.6) is 0 Å². The summed E-state index contributed by atoms with van der Waals surface area (Å²) < 4.78 is 13.5. The Hall–Kier alpha value is -2.11. The molecule has 1 aromatic carbocycles. The van der Waals surface area contributed by atoms with Crippen LogP contribution in [0.3, 0.4) is 0 Å². The molecule has 2 unspecified atom stereocenters. The minimum Gasteiger partial charge on any atom is -0.409 e. The molecule has 6 heteroatoms. The molecule has 1 amide bonds. The summed E-state index contributed by atoms with van der Waals surface area (Å²) in [6, 6.07) is 4.00. The first-order valence-corrected chi connectivity index (χ1v) is 6.61. The highest BCUT2D eigenvalue weighted by Crippen LogP contribution is 2.32. The van der Waals surface area contributed by atoms with Crippen LogP contribution < -0.4 is 11.1 Å². The lowest BCUT2D eigenvalue weighted by Crippen LogP contribution is -2.25. The lowest BCUT2D eigenvalue weighted by molar-refractivity contribution is -0.120. The van der Waals surface area contributed by atoms with Crippen molar-refractivity contribution >= 4 is 17.4 Å². The number of nitrogens with two attached hydrogens (primary N) is 1. The topological polar surface area (TPSA) is 87.7 Å². The van der Waals surface area contributed by atoms with E-state index in [4.69, 9.17) is 10.9 Å². The fourth-order valence-electron chi connectivity index (χ4n) is 2.62. The third-order valence-electron chi connectivity index (χ3n) is 3.82. The van der Waals surface area contributed by atoms with E-state index in [-0.39, 0.29) is 23.2 Å². The predicted molar refractivity (Wildman–Crippen MR) is 74.0 cm³/mol. The average Bonchev–Trinajstić information content (AvgIpc) is 2.86. The van der Waals surface area contributed by atoms with Crippen LogP contribution in [-0.2, 0) is 4.79 Å². The van der Waals surface area contributed by atoms with Gasteiger partial charge in [0, 0.05) is 11.6 Å². The number of rotatable bonds is 3. The number of hydrogen-bond donors (Lipinski definition) is 3. The minimum atomic E-state index is -0.604. The number of nitrogens with one attached hydrogen (secondary N) is 1. The van der Waals surface area contributed by atoms with Gasteiger partial charge in [-0.2, -0.15) is 0 Å². The number of oxime groups is 1. The number of halogens is 1. The van der Waals surface area contributed by atoms with Gasteiger partial charge in [0.15, 0.2) is 5.84 Å². The lowest BCUT2D eigenvalue weighted by atomic mass is 9.97. The molecule has 0 radical (unpaired) electrons. The maximum absolute atomic E-state index is 13.5. The van der Waals surface area contributed by atoms with Gasteiger partial charge in [0.25, 0.3) is 0 Å². The smallest absolute Gasteiger partial charge is 0.227 e. The summed E-state index contributed by atoms with van der Waals surface area (Å²) in [6.07, 6.45) is 2.98. The van der Waals surface area contributed by atoms with E-state index in [1.54, 1.807) is 0 Å². The van der Waals surface area contributed by atoms with Gasteiger partial charge in [-0.3, -0.25) is 4.79 Å². The first kappa shape index (κ1) is 14.3. The van der Waals surface area contributed by atoms with E-state index < -0.39 is 5.82 Å². The zero-order chi connectivity index (χ0) is 14.7. The van der Waals surface area contributed by atoms with Gasteiger partial charge in [-0.25, -0.2) is 4.39 Å². The highest BCUT2D eigenvalue weighted by atomic mass is 19.1. The number of benzene rings is 1. The van der Waals surface area contributed by atoms with Crippen molar-refractivity contribution in [1.29, 1.82) is 0 Å². The molecule has 0 bridgehead atoms. The molecule has 2 rings (SSSR count). The molecule has 4 N–H and O–H groups in total. The summed E-state index contributed by atoms with van der Waals surface area (Å²) in [4.78, 5) is 12.1. The van der Waals surface area contributed by atoms with Crippen LogP contribution in [0.2, 0.25) is 0 Å². The quantitative estimate of drug-likeness (QED) is 0.343. The molecule has 0 saturated heterocycles. The van der Waals surface area contributed by atoms with Gasteiger partial charge < -0.3 is 16.3 Å². The zero-order valence-corrected chi connectivity index (χ0v) is 11.3. The maximum Gasteiger partial charge on any atom is 0.227 e. The van der Waals surface area contributed by atoms with Crippen molar-refractivity contribution in [2.75, 3.05) is 5.32 Å². The Morgan fingerprint density at radius 3 is 2.85 bits per heavy atom. The van der Waals surface area contributed by atoms with Gasteiger partial charge in [-0.1, -0.05) is 18.5 Å². The lowest BCUT2D eigenvalue weighted by Gasteiger charge is -2.15. The van der Waals surface area contributed by atoms with Gasteiger partial charge in [0.2, 0.25) is 5.91 Å². The molecule has 1 aliphatic rings. The molecule has 1 fully saturated rings. The number of anilines is 1. The Morgan fingerprint density at radius 2 is 2.25 bits per heavy atom. The largest absolute Gasteiger partial charge is 0.409 e. The van der Waals surface area contributed by atoms with Crippen molar-refractivity contribution in [1.82, 2.24) is 0 Å². The zero-order valence-electron chi connectivity index (χ0n) is 11.3. The summed E-state index contributed by atoms with van der Waals surface area (Å²) in [7, 11) is 0. The molecule has 20 heavy (non-hydrogen) atoms. The van der Waals surface area contributed by atoms with Gasteiger partial charge in [0.1, 0.15) is 5.82 Å². The third kappa shape index (κ3) is 2.89. The Labute approximate surface area is 116 Å². The Bertz CT molecular complexity index is 545. The SMILES string of the molecule is CC1CCCC1C(=O)Nc1ccc(F)c(/C(N)=N/O)c1. The van der Waals surface area contributed by atoms with Crippen LogP contribution in [0.4, 0.5) is 10.1 Å². The molecule has 1 saturated carbocycles. The van der Waals surface area contributed by atoms with Crippen LogP contribution in [0.25, 0.3) is 0 Å². The molecule has 0 aromatic heterocycles. The highest BCUT2D eigenvalue weighted by Gasteiger charge is 2.29. The standard InChI is InChI=1S/C14H18FN3O2/c1-8-3-2-4-10(8)14(19)17-9-5-6-12(15)11(7-9)13(16)18-20/h5-8,10,20H,2-4H2,1H3,(H2,16,18)(H,17,19). The number of carbonyl (C=O) groups is 1. The summed E-state index contributed by atoms with van der Waals surface area (Å²) in [6.45, 7) is 2.06. The number of hydrogen-bond acceptors (Lipinski definition) is 3. The predicted octanol–water partition coefficient (Wildman–Crippen LogP) is 2.29. The van der Waals surface area contributed by atoms with E-state index in [2.05, 4.69) is 17.4 Å². The molecule has 1 aromatic rings. The molecular formula is C14H18FN3O2. The highest BCUT2D eigenvalue weighted by molar-refractivity contribution is 5.99.